The number of hydrogen-bond acceptors (Lipinski definition) is 6. The maximum atomic E-state index is 10.3. The molecular weight excluding hydrogens is 306 g/mol. The zero-order chi connectivity index (χ0) is 14.1. The van der Waals surface area contributed by atoms with Crippen LogP contribution in [0.1, 0.15) is 5.69 Å². The minimum Gasteiger partial charge on any atom is -0.374 e. The largest absolute Gasteiger partial charge is 0.374 e. The molecule has 5 nitrogen and oxygen atoms in total. The summed E-state index contributed by atoms with van der Waals surface area (Å²) in [5, 5.41) is 14.6. The molecule has 1 aromatic heterocycles. The van der Waals surface area contributed by atoms with Crippen molar-refractivity contribution in [3.05, 3.63) is 50.4 Å². The van der Waals surface area contributed by atoms with Crippen LogP contribution in [0.4, 0.5) is 0 Å². The fraction of sp³-hybridized carbons (Fsp3) is 0.364. The van der Waals surface area contributed by atoms with Crippen LogP contribution in [0.15, 0.2) is 29.6 Å². The van der Waals surface area contributed by atoms with Crippen molar-refractivity contribution in [3.63, 3.8) is 0 Å². The van der Waals surface area contributed by atoms with Gasteiger partial charge in [-0.05, 0) is 18.4 Å². The number of hydrogen-bond donors (Lipinski definition) is 1. The quantitative estimate of drug-likeness (QED) is 0.451. The third-order valence-electron chi connectivity index (χ3n) is 2.06. The molecule has 0 unspecified atom stereocenters. The molecule has 0 radical (unpaired) electrons. The average Bonchev–Trinajstić information content (AvgIpc) is 2.38. The highest BCUT2D eigenvalue weighted by atomic mass is 35.5. The zero-order valence-corrected chi connectivity index (χ0v) is 12.7. The van der Waals surface area contributed by atoms with E-state index in [0.29, 0.717) is 16.6 Å². The van der Waals surface area contributed by atoms with Crippen molar-refractivity contribution in [1.82, 2.24) is 10.3 Å². The maximum Gasteiger partial charge on any atom is 0.263 e. The van der Waals surface area contributed by atoms with E-state index in [1.54, 1.807) is 30.3 Å². The van der Waals surface area contributed by atoms with Gasteiger partial charge in [-0.3, -0.25) is 15.1 Å². The highest BCUT2D eigenvalue weighted by Crippen LogP contribution is 2.18. The summed E-state index contributed by atoms with van der Waals surface area (Å²) in [4.78, 5) is 14.1. The lowest BCUT2D eigenvalue weighted by atomic mass is 10.4. The predicted octanol–water partition coefficient (Wildman–Crippen LogP) is 3.00. The highest BCUT2D eigenvalue weighted by Gasteiger charge is 2.02. The summed E-state index contributed by atoms with van der Waals surface area (Å²) >= 11 is 8.99. The Bertz CT molecular complexity index is 457. The lowest BCUT2D eigenvalue weighted by molar-refractivity contribution is -0.403. The third kappa shape index (κ3) is 6.70. The van der Waals surface area contributed by atoms with E-state index in [9.17, 15) is 10.1 Å². The molecule has 0 aliphatic rings. The molecule has 0 aromatic carbocycles. The second kappa shape index (κ2) is 9.06. The molecule has 19 heavy (non-hydrogen) atoms. The second-order valence-corrected chi connectivity index (χ2v) is 5.75. The van der Waals surface area contributed by atoms with E-state index in [2.05, 4.69) is 10.3 Å². The number of nitro groups is 1. The normalized spacial score (nSPS) is 11.4. The Kier molecular flexibility index (Phi) is 7.69. The molecule has 0 amide bonds. The fourth-order valence-electron chi connectivity index (χ4n) is 1.21. The van der Waals surface area contributed by atoms with Crippen molar-refractivity contribution < 1.29 is 4.92 Å². The van der Waals surface area contributed by atoms with Crippen LogP contribution in [0, 0.1) is 10.1 Å². The van der Waals surface area contributed by atoms with Gasteiger partial charge in [0.05, 0.1) is 15.6 Å². The van der Waals surface area contributed by atoms with Crippen LogP contribution in [0.25, 0.3) is 0 Å². The first kappa shape index (κ1) is 16.1. The highest BCUT2D eigenvalue weighted by molar-refractivity contribution is 8.02. The average molecular weight is 320 g/mol. The van der Waals surface area contributed by atoms with Crippen LogP contribution in [0.5, 0.6) is 0 Å². The summed E-state index contributed by atoms with van der Waals surface area (Å²) in [6.07, 6.45) is 4.49. The molecule has 1 aromatic rings. The number of thioether (sulfide) groups is 2. The Morgan fingerprint density at radius 3 is 3.11 bits per heavy atom. The molecule has 8 heteroatoms. The Morgan fingerprint density at radius 1 is 1.68 bits per heavy atom. The van der Waals surface area contributed by atoms with Gasteiger partial charge in [0.1, 0.15) is 5.03 Å². The molecule has 104 valence electrons. The Balaban J connectivity index is 2.25. The molecule has 1 N–H and O–H groups in total. The standard InChI is InChI=1S/C11H14ClN3O2S2/c1-18-11(7-15(16)17)14-5-6-19-8-10-9(12)3-2-4-13-10/h2-4,7,14H,5-6,8H2,1H3. The van der Waals surface area contributed by atoms with Crippen molar-refractivity contribution in [3.8, 4) is 0 Å². The summed E-state index contributed by atoms with van der Waals surface area (Å²) in [6, 6.07) is 3.61. The number of aromatic nitrogens is 1. The van der Waals surface area contributed by atoms with Crippen LogP contribution < -0.4 is 5.32 Å². The van der Waals surface area contributed by atoms with Gasteiger partial charge in [-0.2, -0.15) is 11.8 Å². The molecule has 0 spiro atoms. The van der Waals surface area contributed by atoms with Gasteiger partial charge < -0.3 is 5.32 Å². The van der Waals surface area contributed by atoms with Crippen molar-refractivity contribution in [2.75, 3.05) is 18.6 Å². The molecule has 0 saturated carbocycles. The summed E-state index contributed by atoms with van der Waals surface area (Å²) in [5.41, 5.74) is 0.861. The molecule has 0 atom stereocenters. The molecule has 0 fully saturated rings. The number of nitrogens with zero attached hydrogens (tertiary/aromatic N) is 2. The second-order valence-electron chi connectivity index (χ2n) is 3.39. The van der Waals surface area contributed by atoms with Crippen molar-refractivity contribution in [2.24, 2.45) is 0 Å². The summed E-state index contributed by atoms with van der Waals surface area (Å²) in [7, 11) is 0. The zero-order valence-electron chi connectivity index (χ0n) is 10.3. The molecule has 1 heterocycles. The van der Waals surface area contributed by atoms with Crippen LogP contribution in [0.3, 0.4) is 0 Å². The van der Waals surface area contributed by atoms with E-state index in [0.717, 1.165) is 23.4 Å². The van der Waals surface area contributed by atoms with E-state index < -0.39 is 4.92 Å². The number of nitrogens with one attached hydrogen (secondary N) is 1. The monoisotopic (exact) mass is 319 g/mol. The van der Waals surface area contributed by atoms with E-state index >= 15 is 0 Å². The summed E-state index contributed by atoms with van der Waals surface area (Å²) in [5.74, 6) is 1.55. The van der Waals surface area contributed by atoms with E-state index in [4.69, 9.17) is 11.6 Å². The van der Waals surface area contributed by atoms with E-state index in [1.165, 1.54) is 11.8 Å². The lowest BCUT2D eigenvalue weighted by Gasteiger charge is -2.06. The van der Waals surface area contributed by atoms with Crippen LogP contribution in [-0.2, 0) is 5.75 Å². The van der Waals surface area contributed by atoms with Crippen molar-refractivity contribution >= 4 is 35.1 Å². The molecule has 0 bridgehead atoms. The van der Waals surface area contributed by atoms with Crippen LogP contribution in [0.2, 0.25) is 5.02 Å². The van der Waals surface area contributed by atoms with Crippen LogP contribution in [-0.4, -0.2) is 28.5 Å². The Hall–Kier alpha value is -0.920. The number of rotatable bonds is 8. The molecular formula is C11H14ClN3O2S2. The predicted molar refractivity (Wildman–Crippen MR) is 82.0 cm³/mol. The van der Waals surface area contributed by atoms with Crippen molar-refractivity contribution in [2.45, 2.75) is 5.75 Å². The molecule has 0 aliphatic carbocycles. The molecule has 0 saturated heterocycles. The smallest absolute Gasteiger partial charge is 0.263 e. The van der Waals surface area contributed by atoms with Gasteiger partial charge >= 0.3 is 0 Å². The third-order valence-corrected chi connectivity index (χ3v) is 4.07. The molecule has 0 aliphatic heterocycles. The fourth-order valence-corrected chi connectivity index (χ4v) is 2.73. The summed E-state index contributed by atoms with van der Waals surface area (Å²) < 4.78 is 0. The van der Waals surface area contributed by atoms with E-state index in [1.807, 2.05) is 6.07 Å². The first-order valence-electron chi connectivity index (χ1n) is 5.43. The SMILES string of the molecule is CSC(=C[N+](=O)[O-])NCCSCc1ncccc1Cl. The van der Waals surface area contributed by atoms with Gasteiger partial charge in [-0.15, -0.1) is 11.8 Å². The van der Waals surface area contributed by atoms with Crippen LogP contribution >= 0.6 is 35.1 Å². The Labute approximate surface area is 125 Å². The lowest BCUT2D eigenvalue weighted by Crippen LogP contribution is -2.15. The van der Waals surface area contributed by atoms with Gasteiger partial charge in [-0.1, -0.05) is 11.6 Å². The maximum absolute atomic E-state index is 10.3. The van der Waals surface area contributed by atoms with Gasteiger partial charge in [0, 0.05) is 24.2 Å². The summed E-state index contributed by atoms with van der Waals surface area (Å²) in [6.45, 7) is 0.662. The Morgan fingerprint density at radius 2 is 2.47 bits per heavy atom. The first-order chi connectivity index (χ1) is 9.13. The topological polar surface area (TPSA) is 68.1 Å². The minimum atomic E-state index is -0.459. The number of pyridine rings is 1. The van der Waals surface area contributed by atoms with Gasteiger partial charge in [0.25, 0.3) is 6.20 Å². The molecule has 1 rings (SSSR count). The minimum absolute atomic E-state index is 0.459. The number of halogens is 1. The van der Waals surface area contributed by atoms with Crippen molar-refractivity contribution in [1.29, 1.82) is 0 Å². The van der Waals surface area contributed by atoms with E-state index in [-0.39, 0.29) is 0 Å². The first-order valence-corrected chi connectivity index (χ1v) is 8.19. The van der Waals surface area contributed by atoms with Gasteiger partial charge in [0.2, 0.25) is 0 Å². The van der Waals surface area contributed by atoms with Gasteiger partial charge in [0.15, 0.2) is 0 Å². The van der Waals surface area contributed by atoms with Gasteiger partial charge in [-0.25, -0.2) is 0 Å².